The van der Waals surface area contributed by atoms with E-state index in [-0.39, 0.29) is 3.57 Å². The Morgan fingerprint density at radius 3 is 1.79 bits per heavy atom. The van der Waals surface area contributed by atoms with Crippen molar-refractivity contribution in [1.29, 1.82) is 0 Å². The SMILES string of the molecule is O=S(=O)([N-][I+]c1ccc(C(F)(F)F)cc1)C(F)(F)F. The van der Waals surface area contributed by atoms with Crippen molar-refractivity contribution in [2.24, 2.45) is 0 Å². The van der Waals surface area contributed by atoms with Crippen LogP contribution in [-0.4, -0.2) is 13.9 Å². The topological polar surface area (TPSA) is 48.2 Å². The number of hydrogen-bond acceptors (Lipinski definition) is 2. The first-order valence-corrected chi connectivity index (χ1v) is 7.77. The van der Waals surface area contributed by atoms with Gasteiger partial charge in [0.15, 0.2) is 3.57 Å². The van der Waals surface area contributed by atoms with E-state index in [9.17, 15) is 34.8 Å². The van der Waals surface area contributed by atoms with E-state index in [0.717, 1.165) is 12.1 Å². The van der Waals surface area contributed by atoms with Crippen LogP contribution in [0, 0.1) is 3.57 Å². The van der Waals surface area contributed by atoms with E-state index in [1.165, 1.54) is 0 Å². The van der Waals surface area contributed by atoms with Gasteiger partial charge in [-0.15, -0.1) is 0 Å². The first-order chi connectivity index (χ1) is 8.43. The van der Waals surface area contributed by atoms with Gasteiger partial charge in [-0.1, -0.05) is 0 Å². The van der Waals surface area contributed by atoms with Crippen LogP contribution in [0.4, 0.5) is 26.3 Å². The zero-order valence-corrected chi connectivity index (χ0v) is 11.6. The summed E-state index contributed by atoms with van der Waals surface area (Å²) in [5.41, 5.74) is -6.46. The molecule has 0 radical (unpaired) electrons. The van der Waals surface area contributed by atoms with Gasteiger partial charge >= 0.3 is 11.7 Å². The molecular formula is C8H4F6INO2S. The third-order valence-corrected chi connectivity index (χ3v) is 5.95. The molecule has 108 valence electrons. The van der Waals surface area contributed by atoms with Crippen molar-refractivity contribution >= 4 is 10.0 Å². The number of benzene rings is 1. The molecule has 19 heavy (non-hydrogen) atoms. The molecule has 11 heteroatoms. The monoisotopic (exact) mass is 419 g/mol. The van der Waals surface area contributed by atoms with Crippen molar-refractivity contribution < 1.29 is 56.2 Å². The highest BCUT2D eigenvalue weighted by atomic mass is 127. The van der Waals surface area contributed by atoms with E-state index in [1.54, 1.807) is 0 Å². The maximum atomic E-state index is 12.2. The number of alkyl halides is 6. The van der Waals surface area contributed by atoms with Crippen LogP contribution in [0.2, 0.25) is 0 Å². The molecule has 0 unspecified atom stereocenters. The second-order valence-corrected chi connectivity index (χ2v) is 7.54. The van der Waals surface area contributed by atoms with Crippen LogP contribution in [0.1, 0.15) is 5.56 Å². The van der Waals surface area contributed by atoms with Gasteiger partial charge in [0.25, 0.3) is 0 Å². The predicted octanol–water partition coefficient (Wildman–Crippen LogP) is 0.102. The summed E-state index contributed by atoms with van der Waals surface area (Å²) in [7, 11) is -5.58. The maximum absolute atomic E-state index is 12.2. The second-order valence-electron chi connectivity index (χ2n) is 3.08. The van der Waals surface area contributed by atoms with Gasteiger partial charge in [-0.3, -0.25) is 2.94 Å². The minimum Gasteiger partial charge on any atom is -0.278 e. The first kappa shape index (κ1) is 16.5. The van der Waals surface area contributed by atoms with Crippen LogP contribution in [0.25, 0.3) is 2.94 Å². The summed E-state index contributed by atoms with van der Waals surface area (Å²) in [4.78, 5) is 0. The summed E-state index contributed by atoms with van der Waals surface area (Å²) in [5, 5.41) is 0. The quantitative estimate of drug-likeness (QED) is 0.516. The van der Waals surface area contributed by atoms with Crippen molar-refractivity contribution in [1.82, 2.24) is 0 Å². The molecule has 0 aliphatic heterocycles. The molecule has 1 aromatic carbocycles. The van der Waals surface area contributed by atoms with Gasteiger partial charge < -0.3 is 0 Å². The summed E-state index contributed by atoms with van der Waals surface area (Å²) in [6.45, 7) is 0. The Bertz CT molecular complexity index is 536. The predicted molar refractivity (Wildman–Crippen MR) is 48.5 cm³/mol. The van der Waals surface area contributed by atoms with Gasteiger partial charge in [-0.05, 0) is 24.3 Å². The fourth-order valence-electron chi connectivity index (χ4n) is 0.820. The summed E-state index contributed by atoms with van der Waals surface area (Å²) < 4.78 is 96.2. The van der Waals surface area contributed by atoms with Crippen molar-refractivity contribution in [2.45, 2.75) is 11.7 Å². The van der Waals surface area contributed by atoms with Crippen LogP contribution in [0.5, 0.6) is 0 Å². The molecule has 0 fully saturated rings. The normalized spacial score (nSPS) is 13.6. The second kappa shape index (κ2) is 5.44. The van der Waals surface area contributed by atoms with Gasteiger partial charge in [0, 0.05) is 0 Å². The minimum atomic E-state index is -5.58. The molecular weight excluding hydrogens is 415 g/mol. The van der Waals surface area contributed by atoms with Crippen molar-refractivity contribution in [2.75, 3.05) is 0 Å². The molecule has 0 aromatic heterocycles. The molecule has 0 atom stereocenters. The largest absolute Gasteiger partial charge is 0.482 e. The molecule has 0 bridgehead atoms. The van der Waals surface area contributed by atoms with Gasteiger partial charge in [0.05, 0.1) is 5.56 Å². The van der Waals surface area contributed by atoms with Gasteiger partial charge in [-0.2, -0.15) is 26.3 Å². The van der Waals surface area contributed by atoms with Crippen molar-refractivity contribution in [3.05, 3.63) is 36.3 Å². The summed E-state index contributed by atoms with van der Waals surface area (Å²) in [5.74, 6) is 0. The molecule has 0 aliphatic carbocycles. The molecule has 3 nitrogen and oxygen atoms in total. The molecule has 0 N–H and O–H groups in total. The van der Waals surface area contributed by atoms with E-state index in [2.05, 4.69) is 2.94 Å². The van der Waals surface area contributed by atoms with E-state index in [0.29, 0.717) is 12.1 Å². The third kappa shape index (κ3) is 4.49. The van der Waals surface area contributed by atoms with Crippen LogP contribution in [0.15, 0.2) is 24.3 Å². The Labute approximate surface area is 114 Å². The fourth-order valence-corrected chi connectivity index (χ4v) is 3.88. The molecule has 0 aliphatic rings. The van der Waals surface area contributed by atoms with E-state index in [4.69, 9.17) is 0 Å². The molecule has 0 amide bonds. The van der Waals surface area contributed by atoms with Crippen LogP contribution >= 0.6 is 0 Å². The van der Waals surface area contributed by atoms with Gasteiger partial charge in [0.2, 0.25) is 31.5 Å². The number of nitrogens with zero attached hydrogens (tertiary/aromatic N) is 1. The highest BCUT2D eigenvalue weighted by molar-refractivity contribution is 7.94. The lowest BCUT2D eigenvalue weighted by atomic mass is 10.2. The molecule has 0 spiro atoms. The number of sulfonamides is 1. The number of halogens is 7. The van der Waals surface area contributed by atoms with E-state index < -0.39 is 48.8 Å². The highest BCUT2D eigenvalue weighted by Crippen LogP contribution is 2.28. The maximum Gasteiger partial charge on any atom is 0.482 e. The zero-order chi connectivity index (χ0) is 14.9. The standard InChI is InChI=1S/C8H4F6INO2S/c9-7(10,11)5-1-3-6(4-2-5)15-16-19(17,18)8(12,13)14/h1-4H. The smallest absolute Gasteiger partial charge is 0.278 e. The van der Waals surface area contributed by atoms with Gasteiger partial charge in [-0.25, -0.2) is 8.42 Å². The Hall–Kier alpha value is -0.560. The van der Waals surface area contributed by atoms with E-state index >= 15 is 0 Å². The first-order valence-electron chi connectivity index (χ1n) is 4.28. The van der Waals surface area contributed by atoms with Crippen molar-refractivity contribution in [3.63, 3.8) is 0 Å². The Balaban J connectivity index is 2.76. The summed E-state index contributed by atoms with van der Waals surface area (Å²) in [6.07, 6.45) is -4.56. The van der Waals surface area contributed by atoms with Crippen LogP contribution in [0.3, 0.4) is 0 Å². The number of rotatable bonds is 3. The average molecular weight is 419 g/mol. The summed E-state index contributed by atoms with van der Waals surface area (Å²) >= 11 is -1.93. The molecule has 0 heterocycles. The highest BCUT2D eigenvalue weighted by Gasteiger charge is 2.41. The van der Waals surface area contributed by atoms with E-state index in [1.807, 2.05) is 0 Å². The molecule has 0 saturated carbocycles. The lowest BCUT2D eigenvalue weighted by molar-refractivity contribution is -0.567. The van der Waals surface area contributed by atoms with Crippen LogP contribution in [-0.2, 0) is 16.2 Å². The molecule has 1 rings (SSSR count). The lowest BCUT2D eigenvalue weighted by Crippen LogP contribution is -3.59. The van der Waals surface area contributed by atoms with Gasteiger partial charge in [0.1, 0.15) is 0 Å². The fraction of sp³-hybridized carbons (Fsp3) is 0.250. The molecule has 0 saturated heterocycles. The Morgan fingerprint density at radius 2 is 1.42 bits per heavy atom. The molecule has 1 aromatic rings. The number of hydrogen-bond donors (Lipinski definition) is 0. The minimum absolute atomic E-state index is 0.0274. The van der Waals surface area contributed by atoms with Crippen LogP contribution < -0.4 is 21.5 Å². The Kier molecular flexibility index (Phi) is 4.72. The van der Waals surface area contributed by atoms with Crippen molar-refractivity contribution in [3.8, 4) is 0 Å². The third-order valence-electron chi connectivity index (χ3n) is 1.69. The zero-order valence-electron chi connectivity index (χ0n) is 8.63. The summed E-state index contributed by atoms with van der Waals surface area (Å²) in [6, 6.07) is 3.13. The lowest BCUT2D eigenvalue weighted by Gasteiger charge is -2.11. The average Bonchev–Trinajstić information content (AvgIpc) is 2.24. The Morgan fingerprint density at radius 1 is 0.947 bits per heavy atom.